The molecular weight excluding hydrogens is 254 g/mol. The van der Waals surface area contributed by atoms with Crippen LogP contribution in [0.2, 0.25) is 0 Å². The molecule has 2 rings (SSSR count). The molecule has 0 fully saturated rings. The van der Waals surface area contributed by atoms with Crippen LogP contribution in [0.1, 0.15) is 5.56 Å². The van der Waals surface area contributed by atoms with Crippen molar-refractivity contribution in [3.8, 4) is 0 Å². The van der Waals surface area contributed by atoms with E-state index in [1.165, 1.54) is 0 Å². The van der Waals surface area contributed by atoms with Gasteiger partial charge in [0.25, 0.3) is 0 Å². The minimum atomic E-state index is 0.347. The first-order valence-corrected chi connectivity index (χ1v) is 5.23. The first-order valence-electron chi connectivity index (χ1n) is 4.44. The van der Waals surface area contributed by atoms with Gasteiger partial charge in [-0.25, -0.2) is 0 Å². The van der Waals surface area contributed by atoms with Gasteiger partial charge in [0, 0.05) is 10.0 Å². The molecule has 76 valence electrons. The summed E-state index contributed by atoms with van der Waals surface area (Å²) in [5, 5.41) is 5.73. The van der Waals surface area contributed by atoms with Crippen molar-refractivity contribution in [2.24, 2.45) is 16.7 Å². The molecule has 3 nitrogen and oxygen atoms in total. The molecule has 0 aliphatic rings. The third-order valence-electron chi connectivity index (χ3n) is 2.24. The van der Waals surface area contributed by atoms with Crippen molar-refractivity contribution in [2.75, 3.05) is 0 Å². The number of hydrazone groups is 1. The van der Waals surface area contributed by atoms with E-state index in [9.17, 15) is 0 Å². The Labute approximate surface area is 95.9 Å². The Bertz CT molecular complexity index is 534. The van der Waals surface area contributed by atoms with Crippen LogP contribution in [0.15, 0.2) is 46.0 Å². The molecule has 0 aromatic heterocycles. The van der Waals surface area contributed by atoms with E-state index in [1.54, 1.807) is 0 Å². The zero-order valence-electron chi connectivity index (χ0n) is 7.94. The summed E-state index contributed by atoms with van der Waals surface area (Å²) in [5.41, 5.74) is 6.47. The normalized spacial score (nSPS) is 11.9. The molecule has 0 unspecified atom stereocenters. The largest absolute Gasteiger partial charge is 0.382 e. The number of amidine groups is 1. The molecule has 0 radical (unpaired) electrons. The first-order chi connectivity index (χ1) is 7.20. The average molecular weight is 264 g/mol. The number of hydrogen-bond donors (Lipinski definition) is 2. The summed E-state index contributed by atoms with van der Waals surface area (Å²) in [4.78, 5) is 0. The minimum Gasteiger partial charge on any atom is -0.382 e. The van der Waals surface area contributed by atoms with Crippen LogP contribution in [0.3, 0.4) is 0 Å². The van der Waals surface area contributed by atoms with E-state index in [2.05, 4.69) is 27.1 Å². The van der Waals surface area contributed by atoms with E-state index >= 15 is 0 Å². The second-order valence-corrected chi connectivity index (χ2v) is 4.14. The van der Waals surface area contributed by atoms with Crippen molar-refractivity contribution in [1.82, 2.24) is 0 Å². The molecule has 0 spiro atoms. The van der Waals surface area contributed by atoms with Crippen molar-refractivity contribution in [3.05, 3.63) is 46.4 Å². The summed E-state index contributed by atoms with van der Waals surface area (Å²) < 4.78 is 1.06. The van der Waals surface area contributed by atoms with Crippen LogP contribution in [0.25, 0.3) is 10.8 Å². The fraction of sp³-hybridized carbons (Fsp3) is 0. The summed E-state index contributed by atoms with van der Waals surface area (Å²) in [6.07, 6.45) is 0. The Hall–Kier alpha value is -1.55. The molecule has 4 N–H and O–H groups in total. The maximum absolute atomic E-state index is 5.63. The fourth-order valence-corrected chi connectivity index (χ4v) is 1.83. The number of nitrogens with zero attached hydrogens (tertiary/aromatic N) is 1. The molecule has 0 atom stereocenters. The van der Waals surface area contributed by atoms with Gasteiger partial charge in [-0.3, -0.25) is 0 Å². The maximum atomic E-state index is 5.63. The van der Waals surface area contributed by atoms with Gasteiger partial charge in [0.2, 0.25) is 0 Å². The molecule has 0 amide bonds. The molecule has 15 heavy (non-hydrogen) atoms. The average Bonchev–Trinajstić information content (AvgIpc) is 2.27. The second kappa shape index (κ2) is 3.90. The molecule has 0 saturated carbocycles. The van der Waals surface area contributed by atoms with E-state index in [1.807, 2.05) is 30.3 Å². The Morgan fingerprint density at radius 2 is 1.73 bits per heavy atom. The van der Waals surface area contributed by atoms with Gasteiger partial charge in [-0.15, -0.1) is 0 Å². The van der Waals surface area contributed by atoms with E-state index in [0.29, 0.717) is 5.84 Å². The van der Waals surface area contributed by atoms with E-state index in [0.717, 1.165) is 20.8 Å². The van der Waals surface area contributed by atoms with Crippen LogP contribution < -0.4 is 11.6 Å². The number of nitrogens with two attached hydrogens (primary N) is 2. The lowest BCUT2D eigenvalue weighted by Crippen LogP contribution is -2.15. The highest BCUT2D eigenvalue weighted by molar-refractivity contribution is 9.10. The number of halogens is 1. The van der Waals surface area contributed by atoms with Crippen molar-refractivity contribution in [1.29, 1.82) is 0 Å². The molecule has 2 aromatic carbocycles. The lowest BCUT2D eigenvalue weighted by molar-refractivity contribution is 1.23. The highest BCUT2D eigenvalue weighted by Crippen LogP contribution is 2.20. The molecule has 2 aromatic rings. The number of hydrogen-bond acceptors (Lipinski definition) is 2. The molecule has 0 heterocycles. The molecular formula is C11H10BrN3. The van der Waals surface area contributed by atoms with Gasteiger partial charge < -0.3 is 11.6 Å². The Balaban J connectivity index is 2.62. The number of rotatable bonds is 1. The lowest BCUT2D eigenvalue weighted by atomic mass is 10.1. The van der Waals surface area contributed by atoms with Gasteiger partial charge in [0.1, 0.15) is 5.84 Å². The predicted molar refractivity (Wildman–Crippen MR) is 66.6 cm³/mol. The Kier molecular flexibility index (Phi) is 2.60. The topological polar surface area (TPSA) is 64.4 Å². The van der Waals surface area contributed by atoms with Crippen molar-refractivity contribution in [2.45, 2.75) is 0 Å². The standard InChI is InChI=1S/C11H10BrN3/c12-10-4-3-7-5-9(11(13)15-14)2-1-8(7)6-10/h1-6H,14H2,(H2,13,15). The van der Waals surface area contributed by atoms with Gasteiger partial charge in [0.05, 0.1) is 0 Å². The molecule has 0 aliphatic heterocycles. The van der Waals surface area contributed by atoms with E-state index < -0.39 is 0 Å². The van der Waals surface area contributed by atoms with Crippen molar-refractivity contribution >= 4 is 32.5 Å². The zero-order valence-corrected chi connectivity index (χ0v) is 9.53. The third-order valence-corrected chi connectivity index (χ3v) is 2.73. The van der Waals surface area contributed by atoms with Crippen LogP contribution in [-0.4, -0.2) is 5.84 Å². The lowest BCUT2D eigenvalue weighted by Gasteiger charge is -2.02. The fourth-order valence-electron chi connectivity index (χ4n) is 1.45. The van der Waals surface area contributed by atoms with Crippen LogP contribution in [0.5, 0.6) is 0 Å². The maximum Gasteiger partial charge on any atom is 0.150 e. The summed E-state index contributed by atoms with van der Waals surface area (Å²) >= 11 is 3.43. The summed E-state index contributed by atoms with van der Waals surface area (Å²) in [5.74, 6) is 5.47. The van der Waals surface area contributed by atoms with Crippen LogP contribution >= 0.6 is 15.9 Å². The van der Waals surface area contributed by atoms with Gasteiger partial charge >= 0.3 is 0 Å². The van der Waals surface area contributed by atoms with Crippen molar-refractivity contribution in [3.63, 3.8) is 0 Å². The van der Waals surface area contributed by atoms with Crippen LogP contribution in [0, 0.1) is 0 Å². The predicted octanol–water partition coefficient (Wildman–Crippen LogP) is 2.18. The van der Waals surface area contributed by atoms with Gasteiger partial charge in [-0.1, -0.05) is 34.1 Å². The highest BCUT2D eigenvalue weighted by Gasteiger charge is 2.00. The summed E-state index contributed by atoms with van der Waals surface area (Å²) in [6.45, 7) is 0. The highest BCUT2D eigenvalue weighted by atomic mass is 79.9. The van der Waals surface area contributed by atoms with Gasteiger partial charge in [0.15, 0.2) is 0 Å². The molecule has 0 bridgehead atoms. The monoisotopic (exact) mass is 263 g/mol. The van der Waals surface area contributed by atoms with E-state index in [4.69, 9.17) is 11.6 Å². The quantitative estimate of drug-likeness (QED) is 0.359. The van der Waals surface area contributed by atoms with Gasteiger partial charge in [-0.2, -0.15) is 5.10 Å². The third kappa shape index (κ3) is 1.94. The van der Waals surface area contributed by atoms with Crippen molar-refractivity contribution < 1.29 is 0 Å². The Morgan fingerprint density at radius 3 is 2.47 bits per heavy atom. The summed E-state index contributed by atoms with van der Waals surface area (Å²) in [6, 6.07) is 11.9. The number of benzene rings is 2. The van der Waals surface area contributed by atoms with Crippen LogP contribution in [-0.2, 0) is 0 Å². The molecule has 4 heteroatoms. The Morgan fingerprint density at radius 1 is 1.07 bits per heavy atom. The zero-order chi connectivity index (χ0) is 10.8. The smallest absolute Gasteiger partial charge is 0.150 e. The molecule has 0 saturated heterocycles. The second-order valence-electron chi connectivity index (χ2n) is 3.22. The molecule has 0 aliphatic carbocycles. The SMILES string of the molecule is N/N=C(/N)c1ccc2cc(Br)ccc2c1. The van der Waals surface area contributed by atoms with Gasteiger partial charge in [-0.05, 0) is 29.0 Å². The minimum absolute atomic E-state index is 0.347. The van der Waals surface area contributed by atoms with E-state index in [-0.39, 0.29) is 0 Å². The summed E-state index contributed by atoms with van der Waals surface area (Å²) in [7, 11) is 0. The van der Waals surface area contributed by atoms with Crippen LogP contribution in [0.4, 0.5) is 0 Å². The first kappa shape index (κ1) is 9.98. The number of fused-ring (bicyclic) bond motifs is 1.